The zero-order valence-electron chi connectivity index (χ0n) is 19.9. The van der Waals surface area contributed by atoms with Crippen molar-refractivity contribution in [2.75, 3.05) is 20.3 Å². The van der Waals surface area contributed by atoms with Crippen LogP contribution in [0.3, 0.4) is 0 Å². The van der Waals surface area contributed by atoms with Crippen molar-refractivity contribution >= 4 is 27.6 Å². The molecule has 9 heteroatoms. The first-order chi connectivity index (χ1) is 16.9. The number of esters is 1. The summed E-state index contributed by atoms with van der Waals surface area (Å²) in [6, 6.07) is 12.4. The van der Waals surface area contributed by atoms with E-state index in [1.807, 2.05) is 0 Å². The molecule has 0 radical (unpaired) electrons. The highest BCUT2D eigenvalue weighted by atomic mass is 35.5. The van der Waals surface area contributed by atoms with E-state index in [1.165, 1.54) is 55.7 Å². The van der Waals surface area contributed by atoms with Crippen molar-refractivity contribution in [3.05, 3.63) is 53.6 Å². The average molecular weight is 522 g/mol. The van der Waals surface area contributed by atoms with Gasteiger partial charge in [-0.25, -0.2) is 8.42 Å². The second-order valence-electron chi connectivity index (χ2n) is 9.16. The van der Waals surface area contributed by atoms with E-state index in [0.717, 1.165) is 0 Å². The van der Waals surface area contributed by atoms with Gasteiger partial charge in [0.15, 0.2) is 0 Å². The molecule has 0 spiro atoms. The van der Waals surface area contributed by atoms with E-state index in [4.69, 9.17) is 25.8 Å². The van der Waals surface area contributed by atoms with Crippen molar-refractivity contribution in [1.82, 2.24) is 4.31 Å². The molecule has 4 rings (SSSR count). The lowest BCUT2D eigenvalue weighted by atomic mass is 9.90. The SMILES string of the molecule is COC(=O)[C@@H]1C[C@H](Oc2ccc(Cl)cc2)CCN1S(=O)(=O)c1ccc(OCC2CCCCC2)cc1. The highest BCUT2D eigenvalue weighted by Gasteiger charge is 2.42. The molecule has 190 valence electrons. The Labute approximate surface area is 212 Å². The predicted octanol–water partition coefficient (Wildman–Crippen LogP) is 5.07. The molecule has 35 heavy (non-hydrogen) atoms. The summed E-state index contributed by atoms with van der Waals surface area (Å²) in [5.74, 6) is 1.21. The third kappa shape index (κ3) is 6.48. The summed E-state index contributed by atoms with van der Waals surface area (Å²) in [6.45, 7) is 0.790. The lowest BCUT2D eigenvalue weighted by molar-refractivity contribution is -0.147. The summed E-state index contributed by atoms with van der Waals surface area (Å²) in [4.78, 5) is 12.7. The number of rotatable bonds is 8. The largest absolute Gasteiger partial charge is 0.493 e. The Morgan fingerprint density at radius 1 is 0.971 bits per heavy atom. The molecular formula is C26H32ClNO6S. The Morgan fingerprint density at radius 2 is 1.63 bits per heavy atom. The minimum atomic E-state index is -3.92. The summed E-state index contributed by atoms with van der Waals surface area (Å²) in [5, 5.41) is 0.594. The molecule has 1 heterocycles. The van der Waals surface area contributed by atoms with E-state index in [1.54, 1.807) is 36.4 Å². The maximum absolute atomic E-state index is 13.5. The van der Waals surface area contributed by atoms with Crippen LogP contribution < -0.4 is 9.47 Å². The van der Waals surface area contributed by atoms with Gasteiger partial charge in [0.25, 0.3) is 0 Å². The molecule has 0 amide bonds. The molecule has 0 bridgehead atoms. The number of carbonyl (C=O) groups excluding carboxylic acids is 1. The fourth-order valence-corrected chi connectivity index (χ4v) is 6.50. The molecule has 1 aliphatic carbocycles. The molecule has 2 aromatic carbocycles. The van der Waals surface area contributed by atoms with Crippen LogP contribution in [0.1, 0.15) is 44.9 Å². The molecular weight excluding hydrogens is 490 g/mol. The standard InChI is InChI=1S/C26H32ClNO6S/c1-32-26(29)25-17-23(34-22-9-7-20(27)8-10-22)15-16-28(25)35(30,31)24-13-11-21(12-14-24)33-18-19-5-3-2-4-6-19/h7-14,19,23,25H,2-6,15-18H2,1H3/t23-,25+/m1/s1. The third-order valence-electron chi connectivity index (χ3n) is 6.74. The van der Waals surface area contributed by atoms with Crippen molar-refractivity contribution in [3.8, 4) is 11.5 Å². The zero-order chi connectivity index (χ0) is 24.8. The van der Waals surface area contributed by atoms with Crippen LogP contribution in [0.25, 0.3) is 0 Å². The minimum Gasteiger partial charge on any atom is -0.493 e. The van der Waals surface area contributed by atoms with Crippen LogP contribution in [-0.4, -0.2) is 51.1 Å². The van der Waals surface area contributed by atoms with Crippen LogP contribution in [0, 0.1) is 5.92 Å². The number of methoxy groups -OCH3 is 1. The van der Waals surface area contributed by atoms with E-state index < -0.39 is 22.0 Å². The van der Waals surface area contributed by atoms with Gasteiger partial charge >= 0.3 is 5.97 Å². The molecule has 2 aliphatic rings. The average Bonchev–Trinajstić information content (AvgIpc) is 2.89. The number of halogens is 1. The summed E-state index contributed by atoms with van der Waals surface area (Å²) < 4.78 is 45.0. The molecule has 2 atom stereocenters. The van der Waals surface area contributed by atoms with Gasteiger partial charge in [0.05, 0.1) is 18.6 Å². The van der Waals surface area contributed by atoms with Gasteiger partial charge in [0.1, 0.15) is 23.6 Å². The molecule has 7 nitrogen and oxygen atoms in total. The lowest BCUT2D eigenvalue weighted by Crippen LogP contribution is -2.52. The second-order valence-corrected chi connectivity index (χ2v) is 11.5. The first-order valence-corrected chi connectivity index (χ1v) is 13.9. The Kier molecular flexibility index (Phi) is 8.57. The maximum Gasteiger partial charge on any atom is 0.324 e. The Hall–Kier alpha value is -2.29. The topological polar surface area (TPSA) is 82.1 Å². The maximum atomic E-state index is 13.5. The van der Waals surface area contributed by atoms with E-state index in [9.17, 15) is 13.2 Å². The molecule has 2 fully saturated rings. The van der Waals surface area contributed by atoms with Gasteiger partial charge in [0, 0.05) is 18.0 Å². The van der Waals surface area contributed by atoms with Crippen LogP contribution in [0.15, 0.2) is 53.4 Å². The predicted molar refractivity (Wildman–Crippen MR) is 133 cm³/mol. The lowest BCUT2D eigenvalue weighted by Gasteiger charge is -2.36. The van der Waals surface area contributed by atoms with Crippen LogP contribution in [0.5, 0.6) is 11.5 Å². The van der Waals surface area contributed by atoms with Crippen molar-refractivity contribution in [1.29, 1.82) is 0 Å². The first kappa shape index (κ1) is 25.8. The minimum absolute atomic E-state index is 0.119. The molecule has 1 saturated heterocycles. The Bertz CT molecular complexity index is 1080. The second kappa shape index (κ2) is 11.6. The van der Waals surface area contributed by atoms with Crippen molar-refractivity contribution in [2.45, 2.75) is 62.0 Å². The Morgan fingerprint density at radius 3 is 2.29 bits per heavy atom. The first-order valence-electron chi connectivity index (χ1n) is 12.1. The fourth-order valence-electron chi connectivity index (χ4n) is 4.77. The Balaban J connectivity index is 1.43. The number of ether oxygens (including phenoxy) is 3. The van der Waals surface area contributed by atoms with Gasteiger partial charge in [-0.3, -0.25) is 4.79 Å². The van der Waals surface area contributed by atoms with Gasteiger partial charge in [-0.2, -0.15) is 4.31 Å². The van der Waals surface area contributed by atoms with Crippen LogP contribution >= 0.6 is 11.6 Å². The smallest absolute Gasteiger partial charge is 0.324 e. The highest BCUT2D eigenvalue weighted by Crippen LogP contribution is 2.30. The van der Waals surface area contributed by atoms with Crippen LogP contribution in [-0.2, 0) is 19.6 Å². The zero-order valence-corrected chi connectivity index (χ0v) is 21.5. The summed E-state index contributed by atoms with van der Waals surface area (Å²) in [7, 11) is -2.66. The van der Waals surface area contributed by atoms with Gasteiger partial charge in [-0.15, -0.1) is 0 Å². The third-order valence-corrected chi connectivity index (χ3v) is 8.91. The van der Waals surface area contributed by atoms with E-state index >= 15 is 0 Å². The number of hydrogen-bond acceptors (Lipinski definition) is 6. The van der Waals surface area contributed by atoms with E-state index in [2.05, 4.69) is 0 Å². The number of carbonyl (C=O) groups is 1. The fraction of sp³-hybridized carbons (Fsp3) is 0.500. The number of benzene rings is 2. The molecule has 1 aliphatic heterocycles. The summed E-state index contributed by atoms with van der Waals surface area (Å²) >= 11 is 5.93. The molecule has 1 saturated carbocycles. The van der Waals surface area contributed by atoms with Gasteiger partial charge in [-0.05, 0) is 73.7 Å². The summed E-state index contributed by atoms with van der Waals surface area (Å²) in [6.07, 6.45) is 6.44. The van der Waals surface area contributed by atoms with Gasteiger partial charge in [-0.1, -0.05) is 30.9 Å². The van der Waals surface area contributed by atoms with E-state index in [-0.39, 0.29) is 24.0 Å². The van der Waals surface area contributed by atoms with Crippen LogP contribution in [0.2, 0.25) is 5.02 Å². The van der Waals surface area contributed by atoms with Crippen molar-refractivity contribution in [2.24, 2.45) is 5.92 Å². The van der Waals surface area contributed by atoms with Crippen molar-refractivity contribution < 1.29 is 27.4 Å². The number of sulfonamides is 1. The van der Waals surface area contributed by atoms with Crippen LogP contribution in [0.4, 0.5) is 0 Å². The summed E-state index contributed by atoms with van der Waals surface area (Å²) in [5.41, 5.74) is 0. The quantitative estimate of drug-likeness (QED) is 0.451. The number of nitrogens with zero attached hydrogens (tertiary/aromatic N) is 1. The van der Waals surface area contributed by atoms with Gasteiger partial charge in [0.2, 0.25) is 10.0 Å². The molecule has 0 unspecified atom stereocenters. The normalized spacial score (nSPS) is 21.9. The molecule has 0 N–H and O–H groups in total. The monoisotopic (exact) mass is 521 g/mol. The number of hydrogen-bond donors (Lipinski definition) is 0. The van der Waals surface area contributed by atoms with Crippen molar-refractivity contribution in [3.63, 3.8) is 0 Å². The molecule has 0 aromatic heterocycles. The highest BCUT2D eigenvalue weighted by molar-refractivity contribution is 7.89. The van der Waals surface area contributed by atoms with Gasteiger partial charge < -0.3 is 14.2 Å². The van der Waals surface area contributed by atoms with E-state index in [0.29, 0.717) is 35.5 Å². The number of piperidine rings is 1. The molecule has 2 aromatic rings.